The maximum absolute atomic E-state index is 12.1. The van der Waals surface area contributed by atoms with E-state index in [1.807, 2.05) is 42.6 Å². The van der Waals surface area contributed by atoms with E-state index in [2.05, 4.69) is 16.4 Å². The van der Waals surface area contributed by atoms with Gasteiger partial charge < -0.3 is 0 Å². The van der Waals surface area contributed by atoms with E-state index >= 15 is 0 Å². The van der Waals surface area contributed by atoms with Gasteiger partial charge in [0.1, 0.15) is 0 Å². The Morgan fingerprint density at radius 1 is 1.27 bits per heavy atom. The van der Waals surface area contributed by atoms with Crippen LogP contribution in [0.4, 0.5) is 0 Å². The van der Waals surface area contributed by atoms with Gasteiger partial charge in [-0.3, -0.25) is 0 Å². The third-order valence-electron chi connectivity index (χ3n) is 3.33. The van der Waals surface area contributed by atoms with Crippen LogP contribution in [0.1, 0.15) is 15.9 Å². The molecule has 0 atom stereocenters. The number of carbonyl (C=O) groups is 1. The molecule has 1 aromatic heterocycles. The molecule has 0 saturated heterocycles. The van der Waals surface area contributed by atoms with Gasteiger partial charge in [-0.1, -0.05) is 0 Å². The zero-order valence-corrected chi connectivity index (χ0v) is 13.6. The van der Waals surface area contributed by atoms with Gasteiger partial charge in [-0.15, -0.1) is 0 Å². The molecule has 0 radical (unpaired) electrons. The molecule has 0 aliphatic carbocycles. The summed E-state index contributed by atoms with van der Waals surface area (Å²) in [5.74, 6) is -0.0898. The number of nitrogens with one attached hydrogen (secondary N) is 2. The van der Waals surface area contributed by atoms with E-state index in [0.29, 0.717) is 11.1 Å². The first-order valence-electron chi connectivity index (χ1n) is 6.73. The topological polar surface area (TPSA) is 68.7 Å². The zero-order valence-electron chi connectivity index (χ0n) is 11.9. The monoisotopic (exact) mass is 355 g/mol. The molecule has 1 heterocycles. The molecule has 0 spiro atoms. The van der Waals surface area contributed by atoms with Gasteiger partial charge in [0.05, 0.1) is 0 Å². The molecule has 0 fully saturated rings. The molecule has 4 nitrogen and oxygen atoms in total. The number of H-pyrrole nitrogens is 1. The van der Waals surface area contributed by atoms with Gasteiger partial charge in [0.2, 0.25) is 0 Å². The Bertz CT molecular complexity index is 892. The van der Waals surface area contributed by atoms with E-state index < -0.39 is 0 Å². The van der Waals surface area contributed by atoms with Gasteiger partial charge >= 0.3 is 134 Å². The Hall–Kier alpha value is -2.54. The third-order valence-corrected chi connectivity index (χ3v) is 5.50. The fourth-order valence-electron chi connectivity index (χ4n) is 2.31. The molecule has 3 rings (SSSR count). The number of fused-ring (bicyclic) bond motifs is 1. The fourth-order valence-corrected chi connectivity index (χ4v) is 4.47. The van der Waals surface area contributed by atoms with Gasteiger partial charge in [0.15, 0.2) is 0 Å². The number of amides is 1. The van der Waals surface area contributed by atoms with Crippen molar-refractivity contribution in [3.8, 4) is 6.07 Å². The van der Waals surface area contributed by atoms with Crippen LogP contribution in [0.5, 0.6) is 0 Å². The van der Waals surface area contributed by atoms with Gasteiger partial charge in [-0.05, 0) is 0 Å². The molecule has 3 aromatic rings. The number of carbonyl (C=O) groups excluding carboxylic acids is 1. The second-order valence-corrected chi connectivity index (χ2v) is 7.04. The molecule has 2 N–H and O–H groups in total. The summed E-state index contributed by atoms with van der Waals surface area (Å²) in [6, 6.07) is 15.4. The zero-order chi connectivity index (χ0) is 15.5. The molecule has 5 heteroatoms. The number of hydrogen-bond donors (Lipinski definition) is 2. The van der Waals surface area contributed by atoms with Crippen molar-refractivity contribution in [1.82, 2.24) is 10.3 Å². The number of nitrogens with zero attached hydrogens (tertiary/aromatic N) is 1. The van der Waals surface area contributed by atoms with Crippen LogP contribution < -0.4 is 14.2 Å². The van der Waals surface area contributed by atoms with Crippen molar-refractivity contribution in [2.75, 3.05) is 7.05 Å². The summed E-state index contributed by atoms with van der Waals surface area (Å²) < 4.78 is 2.22. The SMILES string of the molecule is CNC(=O)c1cccc2[nH]cc([Se]c3cccc(C#N)c3)c12. The van der Waals surface area contributed by atoms with E-state index in [0.717, 1.165) is 19.8 Å². The van der Waals surface area contributed by atoms with E-state index in [4.69, 9.17) is 5.26 Å². The van der Waals surface area contributed by atoms with Gasteiger partial charge in [-0.2, -0.15) is 0 Å². The molecule has 0 aliphatic heterocycles. The Labute approximate surface area is 134 Å². The molecule has 1 amide bonds. The summed E-state index contributed by atoms with van der Waals surface area (Å²) in [7, 11) is 1.63. The first-order valence-corrected chi connectivity index (χ1v) is 8.44. The van der Waals surface area contributed by atoms with E-state index in [1.165, 1.54) is 0 Å². The second-order valence-electron chi connectivity index (χ2n) is 4.70. The summed E-state index contributed by atoms with van der Waals surface area (Å²) in [5.41, 5.74) is 2.29. The molecule has 108 valence electrons. The molecule has 22 heavy (non-hydrogen) atoms. The number of benzene rings is 2. The predicted octanol–water partition coefficient (Wildman–Crippen LogP) is 1.05. The van der Waals surface area contributed by atoms with Crippen molar-refractivity contribution in [3.05, 3.63) is 59.8 Å². The summed E-state index contributed by atoms with van der Waals surface area (Å²) in [5, 5.41) is 12.7. The van der Waals surface area contributed by atoms with E-state index in [-0.39, 0.29) is 20.9 Å². The number of rotatable bonds is 3. The minimum atomic E-state index is -0.0898. The molecular weight excluding hydrogens is 341 g/mol. The van der Waals surface area contributed by atoms with Crippen molar-refractivity contribution >= 4 is 40.7 Å². The molecule has 0 unspecified atom stereocenters. The molecule has 0 saturated carbocycles. The second kappa shape index (κ2) is 6.07. The molecular formula is C17H13N3OSe. The van der Waals surface area contributed by atoms with E-state index in [1.54, 1.807) is 13.1 Å². The number of hydrogen-bond acceptors (Lipinski definition) is 2. The number of aromatic nitrogens is 1. The number of nitriles is 1. The summed E-state index contributed by atoms with van der Waals surface area (Å²) >= 11 is 0.0231. The average molecular weight is 354 g/mol. The standard InChI is InChI=1S/C17H13N3OSe/c1-19-17(21)13-6-3-7-14-16(13)15(10-20-14)22-12-5-2-4-11(8-12)9-18/h2-8,10,20H,1H3,(H,19,21). The Kier molecular flexibility index (Phi) is 3.97. The molecule has 0 bridgehead atoms. The van der Waals surface area contributed by atoms with E-state index in [9.17, 15) is 4.79 Å². The van der Waals surface area contributed by atoms with Crippen LogP contribution in [0.15, 0.2) is 48.7 Å². The van der Waals surface area contributed by atoms with Crippen LogP contribution in [0, 0.1) is 11.3 Å². The Morgan fingerprint density at radius 3 is 2.86 bits per heavy atom. The van der Waals surface area contributed by atoms with Crippen molar-refractivity contribution in [1.29, 1.82) is 5.26 Å². The minimum absolute atomic E-state index is 0.0231. The predicted molar refractivity (Wildman–Crippen MR) is 87.9 cm³/mol. The summed E-state index contributed by atoms with van der Waals surface area (Å²) in [4.78, 5) is 15.3. The summed E-state index contributed by atoms with van der Waals surface area (Å²) in [6.45, 7) is 0. The van der Waals surface area contributed by atoms with Gasteiger partial charge in [0.25, 0.3) is 0 Å². The van der Waals surface area contributed by atoms with Crippen LogP contribution in [0.25, 0.3) is 10.9 Å². The molecule has 0 aliphatic rings. The van der Waals surface area contributed by atoms with Crippen LogP contribution in [-0.2, 0) is 0 Å². The van der Waals surface area contributed by atoms with Crippen LogP contribution in [0.3, 0.4) is 0 Å². The quantitative estimate of drug-likeness (QED) is 0.691. The first kappa shape index (κ1) is 14.4. The van der Waals surface area contributed by atoms with Crippen LogP contribution in [-0.4, -0.2) is 32.9 Å². The Balaban J connectivity index is 2.08. The normalized spacial score (nSPS) is 10.4. The number of aromatic amines is 1. The fraction of sp³-hybridized carbons (Fsp3) is 0.0588. The van der Waals surface area contributed by atoms with Crippen molar-refractivity contribution < 1.29 is 4.79 Å². The Morgan fingerprint density at radius 2 is 2.09 bits per heavy atom. The van der Waals surface area contributed by atoms with Crippen LogP contribution >= 0.6 is 0 Å². The van der Waals surface area contributed by atoms with Crippen molar-refractivity contribution in [3.63, 3.8) is 0 Å². The van der Waals surface area contributed by atoms with Crippen molar-refractivity contribution in [2.45, 2.75) is 0 Å². The van der Waals surface area contributed by atoms with Gasteiger partial charge in [-0.25, -0.2) is 0 Å². The average Bonchev–Trinajstić information content (AvgIpc) is 2.97. The van der Waals surface area contributed by atoms with Gasteiger partial charge in [0, 0.05) is 0 Å². The van der Waals surface area contributed by atoms with Crippen molar-refractivity contribution in [2.24, 2.45) is 0 Å². The van der Waals surface area contributed by atoms with Crippen LogP contribution in [0.2, 0.25) is 0 Å². The molecule has 2 aromatic carbocycles. The first-order chi connectivity index (χ1) is 10.7. The maximum atomic E-state index is 12.1. The summed E-state index contributed by atoms with van der Waals surface area (Å²) in [6.07, 6.45) is 1.95. The third kappa shape index (κ3) is 2.62.